The van der Waals surface area contributed by atoms with Crippen LogP contribution in [-0.4, -0.2) is 31.6 Å². The van der Waals surface area contributed by atoms with Crippen LogP contribution in [0.3, 0.4) is 0 Å². The molecule has 0 fully saturated rings. The second-order valence-electron chi connectivity index (χ2n) is 5.93. The summed E-state index contributed by atoms with van der Waals surface area (Å²) in [6.45, 7) is 2.35. The van der Waals surface area contributed by atoms with E-state index in [1.54, 1.807) is 31.2 Å². The molecule has 1 aromatic rings. The van der Waals surface area contributed by atoms with Gasteiger partial charge in [0.2, 0.25) is 0 Å². The van der Waals surface area contributed by atoms with E-state index >= 15 is 0 Å². The molecule has 1 N–H and O–H groups in total. The average Bonchev–Trinajstić information content (AvgIpc) is 2.62. The van der Waals surface area contributed by atoms with Crippen molar-refractivity contribution in [3.63, 3.8) is 0 Å². The molecule has 1 aliphatic rings. The number of rotatable bonds is 7. The SMILES string of the molecule is COC(=O)c1ccc(O[C@H](C)C(=O)NCCC2=CCCCC2)cc1. The van der Waals surface area contributed by atoms with Gasteiger partial charge in [0.05, 0.1) is 12.7 Å². The van der Waals surface area contributed by atoms with Crippen LogP contribution in [-0.2, 0) is 9.53 Å². The van der Waals surface area contributed by atoms with E-state index in [1.165, 1.54) is 25.5 Å². The van der Waals surface area contributed by atoms with Gasteiger partial charge in [-0.1, -0.05) is 11.6 Å². The number of ether oxygens (including phenoxy) is 2. The molecule has 1 amide bonds. The minimum atomic E-state index is -0.589. The van der Waals surface area contributed by atoms with Crippen LogP contribution in [0, 0.1) is 0 Å². The first-order valence-electron chi connectivity index (χ1n) is 8.41. The summed E-state index contributed by atoms with van der Waals surface area (Å²) in [5, 5.41) is 2.91. The Labute approximate surface area is 143 Å². The number of carbonyl (C=O) groups is 2. The summed E-state index contributed by atoms with van der Waals surface area (Å²) < 4.78 is 10.2. The highest BCUT2D eigenvalue weighted by atomic mass is 16.5. The van der Waals surface area contributed by atoms with Gasteiger partial charge in [-0.2, -0.15) is 0 Å². The van der Waals surface area contributed by atoms with Gasteiger partial charge in [0.15, 0.2) is 6.10 Å². The van der Waals surface area contributed by atoms with Crippen molar-refractivity contribution in [1.29, 1.82) is 0 Å². The Balaban J connectivity index is 1.76. The zero-order chi connectivity index (χ0) is 17.4. The summed E-state index contributed by atoms with van der Waals surface area (Å²) in [6, 6.07) is 6.54. The molecule has 5 heteroatoms. The summed E-state index contributed by atoms with van der Waals surface area (Å²) in [4.78, 5) is 23.5. The Morgan fingerprint density at radius 1 is 1.21 bits per heavy atom. The van der Waals surface area contributed by atoms with Crippen LogP contribution in [0.2, 0.25) is 0 Å². The Morgan fingerprint density at radius 2 is 1.96 bits per heavy atom. The molecule has 2 rings (SSSR count). The molecule has 0 aromatic heterocycles. The summed E-state index contributed by atoms with van der Waals surface area (Å²) in [6.07, 6.45) is 7.44. The van der Waals surface area contributed by atoms with E-state index in [1.807, 2.05) is 0 Å². The predicted octanol–water partition coefficient (Wildman–Crippen LogP) is 3.25. The number of carbonyl (C=O) groups excluding carboxylic acids is 2. The van der Waals surface area contributed by atoms with Crippen molar-refractivity contribution in [2.24, 2.45) is 0 Å². The third-order valence-electron chi connectivity index (χ3n) is 4.09. The van der Waals surface area contributed by atoms with E-state index in [2.05, 4.69) is 16.1 Å². The smallest absolute Gasteiger partial charge is 0.337 e. The minimum absolute atomic E-state index is 0.136. The molecule has 1 aliphatic carbocycles. The number of hydrogen-bond donors (Lipinski definition) is 1. The number of amides is 1. The zero-order valence-corrected chi connectivity index (χ0v) is 14.3. The second-order valence-corrected chi connectivity index (χ2v) is 5.93. The lowest BCUT2D eigenvalue weighted by Crippen LogP contribution is -2.37. The maximum atomic E-state index is 12.1. The van der Waals surface area contributed by atoms with Gasteiger partial charge in [-0.25, -0.2) is 4.79 Å². The summed E-state index contributed by atoms with van der Waals surface area (Å²) >= 11 is 0. The van der Waals surface area contributed by atoms with Crippen molar-refractivity contribution in [2.45, 2.75) is 45.1 Å². The fourth-order valence-corrected chi connectivity index (χ4v) is 2.67. The highest BCUT2D eigenvalue weighted by Gasteiger charge is 2.15. The summed E-state index contributed by atoms with van der Waals surface area (Å²) in [5.74, 6) is 0.00750. The first-order chi connectivity index (χ1) is 11.6. The molecule has 0 saturated carbocycles. The molecule has 0 saturated heterocycles. The van der Waals surface area contributed by atoms with Gasteiger partial charge >= 0.3 is 5.97 Å². The van der Waals surface area contributed by atoms with Gasteiger partial charge in [0.25, 0.3) is 5.91 Å². The number of esters is 1. The van der Waals surface area contributed by atoms with Gasteiger partial charge in [-0.05, 0) is 63.3 Å². The van der Waals surface area contributed by atoms with Crippen LogP contribution in [0.25, 0.3) is 0 Å². The number of benzene rings is 1. The summed E-state index contributed by atoms with van der Waals surface area (Å²) in [7, 11) is 1.34. The topological polar surface area (TPSA) is 64.6 Å². The third kappa shape index (κ3) is 5.41. The molecule has 0 aliphatic heterocycles. The number of nitrogens with one attached hydrogen (secondary N) is 1. The van der Waals surface area contributed by atoms with Crippen molar-refractivity contribution < 1.29 is 19.1 Å². The molecule has 0 spiro atoms. The standard InChI is InChI=1S/C19H25NO4/c1-14(18(21)20-13-12-15-6-4-3-5-7-15)24-17-10-8-16(9-11-17)19(22)23-2/h6,8-11,14H,3-5,7,12-13H2,1-2H3,(H,20,21)/t14-/m1/s1. The maximum absolute atomic E-state index is 12.1. The van der Waals surface area contributed by atoms with Crippen LogP contribution in [0.5, 0.6) is 5.75 Å². The Bertz CT molecular complexity index is 592. The number of methoxy groups -OCH3 is 1. The first-order valence-corrected chi connectivity index (χ1v) is 8.41. The quantitative estimate of drug-likeness (QED) is 0.615. The second kappa shape index (κ2) is 9.11. The van der Waals surface area contributed by atoms with E-state index in [0.717, 1.165) is 19.3 Å². The Kier molecular flexibility index (Phi) is 6.85. The van der Waals surface area contributed by atoms with Crippen molar-refractivity contribution in [3.8, 4) is 5.75 Å². The van der Waals surface area contributed by atoms with Crippen molar-refractivity contribution in [2.75, 3.05) is 13.7 Å². The van der Waals surface area contributed by atoms with Crippen LogP contribution in [0.1, 0.15) is 49.4 Å². The fourth-order valence-electron chi connectivity index (χ4n) is 2.67. The monoisotopic (exact) mass is 331 g/mol. The summed E-state index contributed by atoms with van der Waals surface area (Å²) in [5.41, 5.74) is 1.89. The Hall–Kier alpha value is -2.30. The normalized spacial score (nSPS) is 15.2. The molecule has 1 atom stereocenters. The van der Waals surface area contributed by atoms with Gasteiger partial charge in [-0.15, -0.1) is 0 Å². The molecule has 0 bridgehead atoms. The fraction of sp³-hybridized carbons (Fsp3) is 0.474. The molecule has 0 heterocycles. The van der Waals surface area contributed by atoms with E-state index in [4.69, 9.17) is 4.74 Å². The molecular formula is C19H25NO4. The maximum Gasteiger partial charge on any atom is 0.337 e. The van der Waals surface area contributed by atoms with Crippen molar-refractivity contribution in [1.82, 2.24) is 5.32 Å². The minimum Gasteiger partial charge on any atom is -0.481 e. The molecular weight excluding hydrogens is 306 g/mol. The predicted molar refractivity (Wildman–Crippen MR) is 92.0 cm³/mol. The molecule has 0 radical (unpaired) electrons. The lowest BCUT2D eigenvalue weighted by atomic mass is 9.97. The Morgan fingerprint density at radius 3 is 2.58 bits per heavy atom. The van der Waals surface area contributed by atoms with Crippen LogP contribution in [0.15, 0.2) is 35.9 Å². The van der Waals surface area contributed by atoms with Crippen LogP contribution < -0.4 is 10.1 Å². The first kappa shape index (κ1) is 18.0. The van der Waals surface area contributed by atoms with Gasteiger partial charge < -0.3 is 14.8 Å². The zero-order valence-electron chi connectivity index (χ0n) is 14.3. The molecule has 0 unspecified atom stereocenters. The highest BCUT2D eigenvalue weighted by Crippen LogP contribution is 2.19. The molecule has 1 aromatic carbocycles. The lowest BCUT2D eigenvalue weighted by Gasteiger charge is -2.16. The molecule has 24 heavy (non-hydrogen) atoms. The number of hydrogen-bond acceptors (Lipinski definition) is 4. The van der Waals surface area contributed by atoms with Crippen molar-refractivity contribution in [3.05, 3.63) is 41.5 Å². The van der Waals surface area contributed by atoms with E-state index in [-0.39, 0.29) is 5.91 Å². The van der Waals surface area contributed by atoms with Crippen LogP contribution >= 0.6 is 0 Å². The van der Waals surface area contributed by atoms with Crippen molar-refractivity contribution >= 4 is 11.9 Å². The third-order valence-corrected chi connectivity index (χ3v) is 4.09. The van der Waals surface area contributed by atoms with E-state index in [9.17, 15) is 9.59 Å². The van der Waals surface area contributed by atoms with Gasteiger partial charge in [0.1, 0.15) is 5.75 Å². The van der Waals surface area contributed by atoms with E-state index < -0.39 is 12.1 Å². The lowest BCUT2D eigenvalue weighted by molar-refractivity contribution is -0.127. The largest absolute Gasteiger partial charge is 0.481 e. The van der Waals surface area contributed by atoms with E-state index in [0.29, 0.717) is 17.9 Å². The average molecular weight is 331 g/mol. The molecule has 5 nitrogen and oxygen atoms in total. The highest BCUT2D eigenvalue weighted by molar-refractivity contribution is 5.89. The molecule has 130 valence electrons. The number of allylic oxidation sites excluding steroid dienone is 1. The van der Waals surface area contributed by atoms with Gasteiger partial charge in [-0.3, -0.25) is 4.79 Å². The van der Waals surface area contributed by atoms with Gasteiger partial charge in [0, 0.05) is 6.54 Å². The van der Waals surface area contributed by atoms with Crippen LogP contribution in [0.4, 0.5) is 0 Å².